The fourth-order valence-corrected chi connectivity index (χ4v) is 7.22. The lowest BCUT2D eigenvalue weighted by molar-refractivity contribution is 0.483. The molecule has 0 unspecified atom stereocenters. The lowest BCUT2D eigenvalue weighted by Gasteiger charge is -2.31. The van der Waals surface area contributed by atoms with Gasteiger partial charge in [0.25, 0.3) is 0 Å². The number of nitrogens with zero attached hydrogens (tertiary/aromatic N) is 4. The van der Waals surface area contributed by atoms with Gasteiger partial charge in [0.05, 0.1) is 22.9 Å². The molecule has 0 aliphatic heterocycles. The van der Waals surface area contributed by atoms with Crippen molar-refractivity contribution >= 4 is 21.8 Å². The van der Waals surface area contributed by atoms with Crippen molar-refractivity contribution in [2.45, 2.75) is 73.1 Å². The van der Waals surface area contributed by atoms with Crippen LogP contribution in [0.2, 0.25) is 0 Å². The molecule has 48 heavy (non-hydrogen) atoms. The zero-order valence-electron chi connectivity index (χ0n) is 29.5. The highest BCUT2D eigenvalue weighted by atomic mass is 16.5. The largest absolute Gasteiger partial charge is 0.457 e. The summed E-state index contributed by atoms with van der Waals surface area (Å²) in [5.41, 5.74) is 12.1. The van der Waals surface area contributed by atoms with Crippen LogP contribution in [-0.4, -0.2) is 19.3 Å². The molecule has 0 saturated carbocycles. The van der Waals surface area contributed by atoms with Gasteiger partial charge in [0, 0.05) is 40.9 Å². The van der Waals surface area contributed by atoms with Crippen molar-refractivity contribution in [2.75, 3.05) is 0 Å². The lowest BCUT2D eigenvalue weighted by atomic mass is 9.74. The average Bonchev–Trinajstić information content (AvgIpc) is 3.63. The van der Waals surface area contributed by atoms with Crippen molar-refractivity contribution in [3.8, 4) is 34.1 Å². The number of benzene rings is 4. The Bertz CT molecular complexity index is 2290. The monoisotopic (exact) mass is 632 g/mol. The van der Waals surface area contributed by atoms with Crippen LogP contribution in [-0.2, 0) is 10.8 Å². The topological polar surface area (TPSA) is 44.9 Å². The van der Waals surface area contributed by atoms with Crippen LogP contribution in [0.1, 0.15) is 69.4 Å². The first kappa shape index (κ1) is 31.4. The molecule has 0 atom stereocenters. The summed E-state index contributed by atoms with van der Waals surface area (Å²) in [6.07, 6.45) is 6.01. The number of fused-ring (bicyclic) bond motifs is 3. The molecule has 0 spiro atoms. The van der Waals surface area contributed by atoms with Crippen LogP contribution >= 0.6 is 0 Å². The second-order valence-electron chi connectivity index (χ2n) is 15.1. The van der Waals surface area contributed by atoms with E-state index in [1.807, 2.05) is 47.4 Å². The zero-order chi connectivity index (χ0) is 34.0. The van der Waals surface area contributed by atoms with Gasteiger partial charge in [-0.25, -0.2) is 9.67 Å². The van der Waals surface area contributed by atoms with E-state index >= 15 is 0 Å². The zero-order valence-corrected chi connectivity index (χ0v) is 29.5. The summed E-state index contributed by atoms with van der Waals surface area (Å²) >= 11 is 0. The van der Waals surface area contributed by atoms with Crippen molar-refractivity contribution in [1.82, 2.24) is 19.3 Å². The highest BCUT2D eigenvalue weighted by Crippen LogP contribution is 2.41. The molecule has 3 aromatic heterocycles. The standard InChI is InChI=1S/C43H44N4O/c1-27-19-20-44-40(21-27)47-38-16-11-10-15-34(38)35-18-17-33(23-39(35)47)48-32-14-12-13-31(22-32)46-26-30(25-45-46)41-28(2)36(42(4,5)6)24-37(29(41)3)43(7,8)9/h10-26H,1-9H3. The Hall–Kier alpha value is -5.16. The molecule has 242 valence electrons. The minimum atomic E-state index is 0.0299. The van der Waals surface area contributed by atoms with Crippen molar-refractivity contribution in [3.63, 3.8) is 0 Å². The first-order chi connectivity index (χ1) is 22.8. The molecule has 7 rings (SSSR count). The van der Waals surface area contributed by atoms with Gasteiger partial charge in [0.1, 0.15) is 17.3 Å². The van der Waals surface area contributed by atoms with Crippen molar-refractivity contribution in [2.24, 2.45) is 0 Å². The number of aryl methyl sites for hydroxylation is 1. The first-order valence-electron chi connectivity index (χ1n) is 16.7. The van der Waals surface area contributed by atoms with E-state index in [1.54, 1.807) is 0 Å². The smallest absolute Gasteiger partial charge is 0.137 e. The van der Waals surface area contributed by atoms with Crippen molar-refractivity contribution < 1.29 is 4.74 Å². The molecule has 3 heterocycles. The van der Waals surface area contributed by atoms with Crippen LogP contribution in [0.25, 0.3) is 44.4 Å². The molecule has 0 saturated heterocycles. The molecule has 5 nitrogen and oxygen atoms in total. The van der Waals surface area contributed by atoms with Gasteiger partial charge < -0.3 is 4.74 Å². The summed E-state index contributed by atoms with van der Waals surface area (Å²) in [5, 5.41) is 7.19. The Balaban J connectivity index is 1.26. The molecule has 0 amide bonds. The van der Waals surface area contributed by atoms with Crippen LogP contribution in [0.4, 0.5) is 0 Å². The molecule has 5 heteroatoms. The van der Waals surface area contributed by atoms with Gasteiger partial charge in [-0.2, -0.15) is 5.10 Å². The maximum absolute atomic E-state index is 6.52. The lowest BCUT2D eigenvalue weighted by Crippen LogP contribution is -2.20. The molecular weight excluding hydrogens is 589 g/mol. The SMILES string of the molecule is Cc1ccnc(-n2c3ccccc3c3ccc(Oc4cccc(-n5cc(-c6c(C)c(C(C)(C)C)cc(C(C)(C)C)c6C)cn5)c4)cc32)c1. The fourth-order valence-electron chi connectivity index (χ4n) is 7.22. The van der Waals surface area contributed by atoms with Crippen LogP contribution in [0, 0.1) is 20.8 Å². The van der Waals surface area contributed by atoms with E-state index in [0.717, 1.165) is 45.0 Å². The normalized spacial score (nSPS) is 12.3. The number of hydrogen-bond donors (Lipinski definition) is 0. The highest BCUT2D eigenvalue weighted by Gasteiger charge is 2.27. The Kier molecular flexibility index (Phi) is 7.54. The average molecular weight is 633 g/mol. The van der Waals surface area contributed by atoms with Gasteiger partial charge in [-0.15, -0.1) is 0 Å². The number of aromatic nitrogens is 4. The summed E-state index contributed by atoms with van der Waals surface area (Å²) in [7, 11) is 0. The molecule has 4 aromatic carbocycles. The summed E-state index contributed by atoms with van der Waals surface area (Å²) in [6, 6.07) is 29.5. The predicted molar refractivity (Wildman–Crippen MR) is 199 cm³/mol. The first-order valence-corrected chi connectivity index (χ1v) is 16.7. The second kappa shape index (κ2) is 11.5. The molecular formula is C43H44N4O. The minimum absolute atomic E-state index is 0.0299. The Morgan fingerprint density at radius 3 is 2.04 bits per heavy atom. The Labute approximate surface area is 283 Å². The summed E-state index contributed by atoms with van der Waals surface area (Å²) < 4.78 is 10.7. The van der Waals surface area contributed by atoms with E-state index in [2.05, 4.69) is 128 Å². The molecule has 0 radical (unpaired) electrons. The van der Waals surface area contributed by atoms with Gasteiger partial charge in [-0.3, -0.25) is 4.57 Å². The summed E-state index contributed by atoms with van der Waals surface area (Å²) in [5.74, 6) is 2.40. The molecule has 0 N–H and O–H groups in total. The number of ether oxygens (including phenoxy) is 1. The highest BCUT2D eigenvalue weighted by molar-refractivity contribution is 6.09. The number of para-hydroxylation sites is 1. The minimum Gasteiger partial charge on any atom is -0.457 e. The van der Waals surface area contributed by atoms with Gasteiger partial charge in [0.2, 0.25) is 0 Å². The van der Waals surface area contributed by atoms with E-state index in [4.69, 9.17) is 14.8 Å². The molecule has 0 aliphatic carbocycles. The number of rotatable bonds is 5. The van der Waals surface area contributed by atoms with Crippen molar-refractivity contribution in [3.05, 3.63) is 131 Å². The molecule has 0 fully saturated rings. The van der Waals surface area contributed by atoms with E-state index in [0.29, 0.717) is 0 Å². The van der Waals surface area contributed by atoms with Gasteiger partial charge in [-0.1, -0.05) is 71.9 Å². The van der Waals surface area contributed by atoms with E-state index in [9.17, 15) is 0 Å². The summed E-state index contributed by atoms with van der Waals surface area (Å²) in [4.78, 5) is 4.72. The second-order valence-corrected chi connectivity index (χ2v) is 15.1. The summed E-state index contributed by atoms with van der Waals surface area (Å²) in [6.45, 7) is 20.4. The number of pyridine rings is 1. The third-order valence-corrected chi connectivity index (χ3v) is 9.43. The van der Waals surface area contributed by atoms with E-state index < -0.39 is 0 Å². The molecule has 0 bridgehead atoms. The van der Waals surface area contributed by atoms with Crippen LogP contribution in [0.3, 0.4) is 0 Å². The van der Waals surface area contributed by atoms with E-state index in [1.165, 1.54) is 38.8 Å². The van der Waals surface area contributed by atoms with Crippen LogP contribution in [0.15, 0.2) is 104 Å². The molecule has 7 aromatic rings. The predicted octanol–water partition coefficient (Wildman–Crippen LogP) is 11.3. The number of hydrogen-bond acceptors (Lipinski definition) is 3. The third kappa shape index (κ3) is 5.57. The fraction of sp³-hybridized carbons (Fsp3) is 0.256. The Morgan fingerprint density at radius 1 is 0.646 bits per heavy atom. The van der Waals surface area contributed by atoms with Crippen LogP contribution in [0.5, 0.6) is 11.5 Å². The third-order valence-electron chi connectivity index (χ3n) is 9.43. The van der Waals surface area contributed by atoms with Gasteiger partial charge >= 0.3 is 0 Å². The molecule has 0 aliphatic rings. The van der Waals surface area contributed by atoms with Crippen molar-refractivity contribution in [1.29, 1.82) is 0 Å². The van der Waals surface area contributed by atoms with Gasteiger partial charge in [0.15, 0.2) is 0 Å². The maximum Gasteiger partial charge on any atom is 0.137 e. The maximum atomic E-state index is 6.52. The van der Waals surface area contributed by atoms with Gasteiger partial charge in [-0.05, 0) is 107 Å². The quantitative estimate of drug-likeness (QED) is 0.190. The Morgan fingerprint density at radius 2 is 1.33 bits per heavy atom. The van der Waals surface area contributed by atoms with Crippen LogP contribution < -0.4 is 4.74 Å². The van der Waals surface area contributed by atoms with E-state index in [-0.39, 0.29) is 10.8 Å².